The van der Waals surface area contributed by atoms with Crippen LogP contribution in [-0.4, -0.2) is 51.8 Å². The SMILES string of the molecule is CCCN(CCNC)Cc1nnn(C)n1. The Morgan fingerprint density at radius 3 is 2.73 bits per heavy atom. The number of tetrazole rings is 1. The molecule has 0 radical (unpaired) electrons. The minimum atomic E-state index is 0.781. The summed E-state index contributed by atoms with van der Waals surface area (Å²) in [5.41, 5.74) is 0. The Labute approximate surface area is 90.6 Å². The molecule has 0 fully saturated rings. The zero-order chi connectivity index (χ0) is 11.1. The molecule has 1 N–H and O–H groups in total. The largest absolute Gasteiger partial charge is 0.318 e. The van der Waals surface area contributed by atoms with Gasteiger partial charge in [-0.1, -0.05) is 6.92 Å². The summed E-state index contributed by atoms with van der Waals surface area (Å²) in [4.78, 5) is 3.82. The van der Waals surface area contributed by atoms with Gasteiger partial charge in [-0.25, -0.2) is 0 Å². The van der Waals surface area contributed by atoms with Crippen LogP contribution in [-0.2, 0) is 13.6 Å². The van der Waals surface area contributed by atoms with Gasteiger partial charge in [0.1, 0.15) is 0 Å². The summed E-state index contributed by atoms with van der Waals surface area (Å²) in [6.45, 7) is 6.03. The lowest BCUT2D eigenvalue weighted by Gasteiger charge is -2.19. The average Bonchev–Trinajstić information content (AvgIpc) is 2.61. The van der Waals surface area contributed by atoms with Crippen LogP contribution in [0.3, 0.4) is 0 Å². The van der Waals surface area contributed by atoms with Crippen LogP contribution in [0.5, 0.6) is 0 Å². The van der Waals surface area contributed by atoms with Gasteiger partial charge >= 0.3 is 0 Å². The van der Waals surface area contributed by atoms with Crippen molar-refractivity contribution < 1.29 is 0 Å². The molecule has 0 unspecified atom stereocenters. The topological polar surface area (TPSA) is 58.9 Å². The first kappa shape index (κ1) is 12.1. The molecule has 6 heteroatoms. The normalized spacial score (nSPS) is 11.2. The van der Waals surface area contributed by atoms with Gasteiger partial charge in [0.25, 0.3) is 0 Å². The van der Waals surface area contributed by atoms with Crippen LogP contribution in [0.15, 0.2) is 0 Å². The van der Waals surface area contributed by atoms with Crippen molar-refractivity contribution in [3.8, 4) is 0 Å². The Morgan fingerprint density at radius 2 is 2.20 bits per heavy atom. The van der Waals surface area contributed by atoms with Crippen LogP contribution in [0.25, 0.3) is 0 Å². The molecular weight excluding hydrogens is 192 g/mol. The molecule has 0 saturated carbocycles. The molecule has 0 amide bonds. The van der Waals surface area contributed by atoms with Crippen molar-refractivity contribution in [2.24, 2.45) is 7.05 Å². The zero-order valence-corrected chi connectivity index (χ0v) is 9.77. The molecule has 0 aliphatic heterocycles. The number of nitrogens with one attached hydrogen (secondary N) is 1. The molecular formula is C9H20N6. The Kier molecular flexibility index (Phi) is 5.20. The van der Waals surface area contributed by atoms with Crippen LogP contribution in [0.1, 0.15) is 19.2 Å². The van der Waals surface area contributed by atoms with Crippen molar-refractivity contribution in [3.05, 3.63) is 5.82 Å². The molecule has 1 heterocycles. The van der Waals surface area contributed by atoms with Gasteiger partial charge in [0, 0.05) is 13.1 Å². The molecule has 6 nitrogen and oxygen atoms in total. The third-order valence-electron chi connectivity index (χ3n) is 2.13. The Bertz CT molecular complexity index is 271. The number of hydrogen-bond acceptors (Lipinski definition) is 5. The van der Waals surface area contributed by atoms with Gasteiger partial charge in [0.2, 0.25) is 0 Å². The summed E-state index contributed by atoms with van der Waals surface area (Å²) in [6, 6.07) is 0. The number of rotatable bonds is 7. The molecule has 86 valence electrons. The molecule has 1 rings (SSSR count). The molecule has 1 aromatic rings. The van der Waals surface area contributed by atoms with Crippen molar-refractivity contribution in [2.45, 2.75) is 19.9 Å². The zero-order valence-electron chi connectivity index (χ0n) is 9.77. The van der Waals surface area contributed by atoms with Crippen LogP contribution in [0, 0.1) is 0 Å². The smallest absolute Gasteiger partial charge is 0.188 e. The number of likely N-dealkylation sites (N-methyl/N-ethyl adjacent to an activating group) is 1. The minimum absolute atomic E-state index is 0.781. The van der Waals surface area contributed by atoms with Crippen molar-refractivity contribution in [2.75, 3.05) is 26.7 Å². The molecule has 0 atom stereocenters. The summed E-state index contributed by atoms with van der Waals surface area (Å²) in [5.74, 6) is 0.794. The van der Waals surface area contributed by atoms with E-state index in [-0.39, 0.29) is 0 Å². The second-order valence-corrected chi connectivity index (χ2v) is 3.57. The molecule has 15 heavy (non-hydrogen) atoms. The summed E-state index contributed by atoms with van der Waals surface area (Å²) in [7, 11) is 3.75. The number of nitrogens with zero attached hydrogens (tertiary/aromatic N) is 5. The van der Waals surface area contributed by atoms with Crippen LogP contribution < -0.4 is 5.32 Å². The second-order valence-electron chi connectivity index (χ2n) is 3.57. The van der Waals surface area contributed by atoms with E-state index in [2.05, 4.69) is 32.6 Å². The lowest BCUT2D eigenvalue weighted by atomic mass is 10.4. The maximum Gasteiger partial charge on any atom is 0.188 e. The molecule has 0 aromatic carbocycles. The van der Waals surface area contributed by atoms with Gasteiger partial charge < -0.3 is 5.32 Å². The molecule has 0 saturated heterocycles. The third kappa shape index (κ3) is 4.35. The summed E-state index contributed by atoms with van der Waals surface area (Å²) in [6.07, 6.45) is 1.14. The predicted octanol–water partition coefficient (Wildman–Crippen LogP) is -0.358. The predicted molar refractivity (Wildman–Crippen MR) is 58.3 cm³/mol. The van der Waals surface area contributed by atoms with E-state index in [0.717, 1.165) is 38.4 Å². The highest BCUT2D eigenvalue weighted by molar-refractivity contribution is 4.77. The first-order valence-corrected chi connectivity index (χ1v) is 5.36. The van der Waals surface area contributed by atoms with Gasteiger partial charge in [-0.05, 0) is 25.2 Å². The fraction of sp³-hybridized carbons (Fsp3) is 0.889. The van der Waals surface area contributed by atoms with E-state index in [9.17, 15) is 0 Å². The number of hydrogen-bond donors (Lipinski definition) is 1. The first-order valence-electron chi connectivity index (χ1n) is 5.36. The molecule has 0 spiro atoms. The van der Waals surface area contributed by atoms with Gasteiger partial charge in [0.15, 0.2) is 5.82 Å². The van der Waals surface area contributed by atoms with Crippen molar-refractivity contribution in [1.29, 1.82) is 0 Å². The monoisotopic (exact) mass is 212 g/mol. The number of aromatic nitrogens is 4. The fourth-order valence-corrected chi connectivity index (χ4v) is 1.44. The Hall–Kier alpha value is -1.01. The van der Waals surface area contributed by atoms with E-state index < -0.39 is 0 Å². The highest BCUT2D eigenvalue weighted by atomic mass is 15.6. The highest BCUT2D eigenvalue weighted by Gasteiger charge is 2.07. The maximum absolute atomic E-state index is 4.17. The summed E-state index contributed by atoms with van der Waals surface area (Å²) < 4.78 is 0. The Balaban J connectivity index is 2.42. The van der Waals surface area contributed by atoms with E-state index in [1.807, 2.05) is 7.05 Å². The van der Waals surface area contributed by atoms with E-state index in [1.165, 1.54) is 4.80 Å². The third-order valence-corrected chi connectivity index (χ3v) is 2.13. The fourth-order valence-electron chi connectivity index (χ4n) is 1.44. The minimum Gasteiger partial charge on any atom is -0.318 e. The lowest BCUT2D eigenvalue weighted by Crippen LogP contribution is -2.31. The quantitative estimate of drug-likeness (QED) is 0.669. The van der Waals surface area contributed by atoms with Crippen LogP contribution in [0.2, 0.25) is 0 Å². The second kappa shape index (κ2) is 6.47. The van der Waals surface area contributed by atoms with Gasteiger partial charge in [-0.3, -0.25) is 4.90 Å². The van der Waals surface area contributed by atoms with Gasteiger partial charge in [-0.15, -0.1) is 10.2 Å². The van der Waals surface area contributed by atoms with Crippen molar-refractivity contribution in [3.63, 3.8) is 0 Å². The van der Waals surface area contributed by atoms with Crippen LogP contribution in [0.4, 0.5) is 0 Å². The molecule has 1 aromatic heterocycles. The number of aryl methyl sites for hydroxylation is 1. The van der Waals surface area contributed by atoms with E-state index in [1.54, 1.807) is 7.05 Å². The maximum atomic E-state index is 4.17. The van der Waals surface area contributed by atoms with E-state index in [0.29, 0.717) is 0 Å². The van der Waals surface area contributed by atoms with Gasteiger partial charge in [-0.2, -0.15) is 4.80 Å². The van der Waals surface area contributed by atoms with Crippen molar-refractivity contribution in [1.82, 2.24) is 30.4 Å². The van der Waals surface area contributed by atoms with E-state index in [4.69, 9.17) is 0 Å². The highest BCUT2D eigenvalue weighted by Crippen LogP contribution is 1.97. The van der Waals surface area contributed by atoms with Crippen LogP contribution >= 0.6 is 0 Å². The summed E-state index contributed by atoms with van der Waals surface area (Å²) >= 11 is 0. The standard InChI is InChI=1S/C9H20N6/c1-4-6-15(7-5-10-2)8-9-11-13-14(3)12-9/h10H,4-8H2,1-3H3. The van der Waals surface area contributed by atoms with Crippen molar-refractivity contribution >= 4 is 0 Å². The Morgan fingerprint density at radius 1 is 1.40 bits per heavy atom. The van der Waals surface area contributed by atoms with E-state index >= 15 is 0 Å². The summed E-state index contributed by atoms with van der Waals surface area (Å²) in [5, 5.41) is 15.1. The lowest BCUT2D eigenvalue weighted by molar-refractivity contribution is 0.261. The average molecular weight is 212 g/mol. The van der Waals surface area contributed by atoms with Gasteiger partial charge in [0.05, 0.1) is 13.6 Å². The first-order chi connectivity index (χ1) is 7.26. The molecule has 0 aliphatic carbocycles. The molecule has 0 bridgehead atoms. The molecule has 0 aliphatic rings.